The van der Waals surface area contributed by atoms with Crippen LogP contribution < -0.4 is 0 Å². The fourth-order valence-electron chi connectivity index (χ4n) is 0.763. The number of hydrogen-bond acceptors (Lipinski definition) is 1. The van der Waals surface area contributed by atoms with Crippen molar-refractivity contribution in [1.82, 2.24) is 0 Å². The summed E-state index contributed by atoms with van der Waals surface area (Å²) in [6.45, 7) is 6.48. The lowest BCUT2D eigenvalue weighted by Crippen LogP contribution is -2.15. The van der Waals surface area contributed by atoms with E-state index in [4.69, 9.17) is 0 Å². The lowest BCUT2D eigenvalue weighted by atomic mass is 9.95. The number of ketones is 1. The summed E-state index contributed by atoms with van der Waals surface area (Å²) in [6, 6.07) is 0. The summed E-state index contributed by atoms with van der Waals surface area (Å²) in [6.07, 6.45) is 1.12. The van der Waals surface area contributed by atoms with E-state index in [1.54, 1.807) is 20.8 Å². The van der Waals surface area contributed by atoms with E-state index < -0.39 is 5.67 Å². The van der Waals surface area contributed by atoms with Crippen LogP contribution in [0.5, 0.6) is 0 Å². The van der Waals surface area contributed by atoms with Crippen LogP contribution in [-0.2, 0) is 4.79 Å². The zero-order valence-corrected chi connectivity index (χ0v) is 7.78. The molecule has 0 spiro atoms. The van der Waals surface area contributed by atoms with Gasteiger partial charge in [-0.25, -0.2) is 4.39 Å². The Bertz CT molecular complexity index is 135. The van der Waals surface area contributed by atoms with Crippen molar-refractivity contribution < 1.29 is 9.18 Å². The Kier molecular flexibility index (Phi) is 3.70. The number of hydrogen-bond donors (Lipinski definition) is 0. The van der Waals surface area contributed by atoms with Crippen LogP contribution in [0.2, 0.25) is 0 Å². The van der Waals surface area contributed by atoms with Crippen molar-refractivity contribution in [2.45, 2.75) is 46.2 Å². The van der Waals surface area contributed by atoms with Gasteiger partial charge in [-0.1, -0.05) is 6.92 Å². The van der Waals surface area contributed by atoms with Gasteiger partial charge in [0.25, 0.3) is 0 Å². The first-order chi connectivity index (χ1) is 4.83. The highest BCUT2D eigenvalue weighted by atomic mass is 19.1. The molecular formula is C9H17FO. The Hall–Kier alpha value is -0.400. The molecule has 1 atom stereocenters. The molecule has 2 heteroatoms. The van der Waals surface area contributed by atoms with Gasteiger partial charge in [-0.3, -0.25) is 4.79 Å². The van der Waals surface area contributed by atoms with Crippen LogP contribution in [-0.4, -0.2) is 11.5 Å². The molecule has 11 heavy (non-hydrogen) atoms. The highest BCUT2D eigenvalue weighted by molar-refractivity contribution is 5.77. The lowest BCUT2D eigenvalue weighted by molar-refractivity contribution is -0.120. The minimum Gasteiger partial charge on any atom is -0.300 e. The number of carbonyl (C=O) groups excluding carboxylic acids is 1. The van der Waals surface area contributed by atoms with Crippen LogP contribution in [0.4, 0.5) is 4.39 Å². The van der Waals surface area contributed by atoms with Gasteiger partial charge >= 0.3 is 0 Å². The van der Waals surface area contributed by atoms with Crippen LogP contribution in [0.25, 0.3) is 0 Å². The first-order valence-corrected chi connectivity index (χ1v) is 4.02. The Labute approximate surface area is 68.0 Å². The van der Waals surface area contributed by atoms with Crippen molar-refractivity contribution in [2.24, 2.45) is 5.92 Å². The summed E-state index contributed by atoms with van der Waals surface area (Å²) in [7, 11) is 0. The summed E-state index contributed by atoms with van der Waals surface area (Å²) < 4.78 is 12.9. The van der Waals surface area contributed by atoms with Crippen LogP contribution in [0.1, 0.15) is 40.5 Å². The predicted molar refractivity (Wildman–Crippen MR) is 44.3 cm³/mol. The van der Waals surface area contributed by atoms with E-state index in [2.05, 4.69) is 0 Å². The van der Waals surface area contributed by atoms with Gasteiger partial charge in [0.15, 0.2) is 0 Å². The Morgan fingerprint density at radius 1 is 1.55 bits per heavy atom. The largest absolute Gasteiger partial charge is 0.300 e. The molecule has 0 fully saturated rings. The third-order valence-corrected chi connectivity index (χ3v) is 1.87. The summed E-state index contributed by atoms with van der Waals surface area (Å²) in [5.41, 5.74) is -1.14. The molecule has 0 aliphatic heterocycles. The normalized spacial score (nSPS) is 14.6. The molecule has 0 saturated carbocycles. The molecule has 0 heterocycles. The van der Waals surface area contributed by atoms with E-state index in [1.165, 1.54) is 0 Å². The fourth-order valence-corrected chi connectivity index (χ4v) is 0.763. The molecule has 0 rings (SSSR count). The molecule has 0 aromatic rings. The monoisotopic (exact) mass is 160 g/mol. The Morgan fingerprint density at radius 2 is 2.00 bits per heavy atom. The van der Waals surface area contributed by atoms with E-state index >= 15 is 0 Å². The number of alkyl halides is 1. The van der Waals surface area contributed by atoms with E-state index in [1.807, 2.05) is 6.92 Å². The highest BCUT2D eigenvalue weighted by Gasteiger charge is 2.18. The Balaban J connectivity index is 3.63. The third kappa shape index (κ3) is 6.02. The average molecular weight is 160 g/mol. The first kappa shape index (κ1) is 10.6. The number of rotatable bonds is 4. The quantitative estimate of drug-likeness (QED) is 0.618. The van der Waals surface area contributed by atoms with Gasteiger partial charge in [0.05, 0.1) is 0 Å². The maximum Gasteiger partial charge on any atom is 0.132 e. The molecule has 0 aromatic carbocycles. The molecule has 0 N–H and O–H groups in total. The van der Waals surface area contributed by atoms with Crippen LogP contribution in [0.15, 0.2) is 0 Å². The van der Waals surface area contributed by atoms with Gasteiger partial charge in [0, 0.05) is 5.92 Å². The zero-order chi connectivity index (χ0) is 9.07. The molecule has 0 radical (unpaired) electrons. The standard InChI is InChI=1S/C9H17FO/c1-7(8(2)11)5-6-9(3,4)10/h7H,5-6H2,1-4H3. The van der Waals surface area contributed by atoms with Gasteiger partial charge in [-0.15, -0.1) is 0 Å². The van der Waals surface area contributed by atoms with Crippen molar-refractivity contribution in [3.05, 3.63) is 0 Å². The highest BCUT2D eigenvalue weighted by Crippen LogP contribution is 2.19. The molecule has 1 unspecified atom stereocenters. The fraction of sp³-hybridized carbons (Fsp3) is 0.889. The minimum atomic E-state index is -1.14. The van der Waals surface area contributed by atoms with Crippen molar-refractivity contribution >= 4 is 5.78 Å². The van der Waals surface area contributed by atoms with E-state index in [0.717, 1.165) is 0 Å². The van der Waals surface area contributed by atoms with Gasteiger partial charge in [-0.2, -0.15) is 0 Å². The van der Waals surface area contributed by atoms with Crippen LogP contribution in [0.3, 0.4) is 0 Å². The SMILES string of the molecule is CC(=O)C(C)CCC(C)(C)F. The van der Waals surface area contributed by atoms with Gasteiger partial charge < -0.3 is 0 Å². The van der Waals surface area contributed by atoms with Crippen LogP contribution >= 0.6 is 0 Å². The molecule has 0 aliphatic carbocycles. The smallest absolute Gasteiger partial charge is 0.132 e. The maximum atomic E-state index is 12.9. The minimum absolute atomic E-state index is 0.00465. The second kappa shape index (κ2) is 3.84. The van der Waals surface area contributed by atoms with Crippen molar-refractivity contribution in [2.75, 3.05) is 0 Å². The summed E-state index contributed by atoms with van der Waals surface area (Å²) in [5, 5.41) is 0. The first-order valence-electron chi connectivity index (χ1n) is 4.02. The number of Topliss-reactive ketones (excluding diaryl/α,β-unsaturated/α-hetero) is 1. The van der Waals surface area contributed by atoms with Gasteiger partial charge in [0.1, 0.15) is 11.5 Å². The third-order valence-electron chi connectivity index (χ3n) is 1.87. The molecule has 0 aliphatic rings. The average Bonchev–Trinajstić information content (AvgIpc) is 1.80. The second-order valence-corrected chi connectivity index (χ2v) is 3.77. The van der Waals surface area contributed by atoms with E-state index in [-0.39, 0.29) is 11.7 Å². The summed E-state index contributed by atoms with van der Waals surface area (Å²) in [4.78, 5) is 10.7. The zero-order valence-electron chi connectivity index (χ0n) is 7.78. The molecule has 0 bridgehead atoms. The predicted octanol–water partition coefficient (Wildman–Crippen LogP) is 2.74. The van der Waals surface area contributed by atoms with Crippen molar-refractivity contribution in [1.29, 1.82) is 0 Å². The molecule has 0 saturated heterocycles. The Morgan fingerprint density at radius 3 is 2.27 bits per heavy atom. The summed E-state index contributed by atoms with van der Waals surface area (Å²) in [5.74, 6) is 0.152. The lowest BCUT2D eigenvalue weighted by Gasteiger charge is -2.15. The van der Waals surface area contributed by atoms with Gasteiger partial charge in [0.2, 0.25) is 0 Å². The molecule has 0 aromatic heterocycles. The van der Waals surface area contributed by atoms with Crippen molar-refractivity contribution in [3.63, 3.8) is 0 Å². The van der Waals surface area contributed by atoms with Crippen molar-refractivity contribution in [3.8, 4) is 0 Å². The topological polar surface area (TPSA) is 17.1 Å². The molecule has 1 nitrogen and oxygen atoms in total. The van der Waals surface area contributed by atoms with E-state index in [0.29, 0.717) is 12.8 Å². The van der Waals surface area contributed by atoms with E-state index in [9.17, 15) is 9.18 Å². The number of halogens is 1. The second-order valence-electron chi connectivity index (χ2n) is 3.77. The summed E-state index contributed by atoms with van der Waals surface area (Å²) >= 11 is 0. The molecular weight excluding hydrogens is 143 g/mol. The van der Waals surface area contributed by atoms with Crippen LogP contribution in [0, 0.1) is 5.92 Å². The van der Waals surface area contributed by atoms with Gasteiger partial charge in [-0.05, 0) is 33.6 Å². The molecule has 0 amide bonds. The molecule has 66 valence electrons. The maximum absolute atomic E-state index is 12.9. The number of carbonyl (C=O) groups is 1.